The Bertz CT molecular complexity index is 1420. The number of hydrogen-bond donors (Lipinski definition) is 2. The van der Waals surface area contributed by atoms with Gasteiger partial charge in [0.2, 0.25) is 6.29 Å². The number of rotatable bonds is 12. The molecule has 7 unspecified atom stereocenters. The fraction of sp³-hybridized carbons (Fsp3) is 0.690. The molecule has 2 N–H and O–H groups in total. The van der Waals surface area contributed by atoms with Crippen LogP contribution in [-0.4, -0.2) is 52.7 Å². The Hall–Kier alpha value is -2.97. The first kappa shape index (κ1) is 39.8. The van der Waals surface area contributed by atoms with Gasteiger partial charge in [0.1, 0.15) is 11.7 Å². The van der Waals surface area contributed by atoms with Crippen molar-refractivity contribution >= 4 is 28.7 Å². The van der Waals surface area contributed by atoms with Gasteiger partial charge in [-0.15, -0.1) is 0 Å². The van der Waals surface area contributed by atoms with E-state index in [0.717, 1.165) is 19.3 Å². The first-order valence-corrected chi connectivity index (χ1v) is 18.7. The normalized spacial score (nSPS) is 28.8. The second-order valence-electron chi connectivity index (χ2n) is 17.6. The molecule has 1 heterocycles. The molecular formula is C42H62O8. The molecule has 8 atom stereocenters. The van der Waals surface area contributed by atoms with Crippen molar-refractivity contribution in [2.75, 3.05) is 6.61 Å². The van der Waals surface area contributed by atoms with Crippen LogP contribution < -0.4 is 0 Å². The average Bonchev–Trinajstić information content (AvgIpc) is 3.05. The van der Waals surface area contributed by atoms with Gasteiger partial charge < -0.3 is 24.4 Å². The van der Waals surface area contributed by atoms with Crippen molar-refractivity contribution in [1.82, 2.24) is 0 Å². The van der Waals surface area contributed by atoms with Crippen LogP contribution in [0.1, 0.15) is 120 Å². The summed E-state index contributed by atoms with van der Waals surface area (Å²) in [6, 6.07) is 16.7. The van der Waals surface area contributed by atoms with Gasteiger partial charge in [0.05, 0.1) is 22.9 Å². The van der Waals surface area contributed by atoms with Crippen LogP contribution in [-0.2, 0) is 28.6 Å². The number of carbonyl (C=O) groups is 3. The molecule has 8 heteroatoms. The van der Waals surface area contributed by atoms with Crippen LogP contribution >= 0.6 is 0 Å². The molecule has 3 aliphatic carbocycles. The molecule has 1 saturated heterocycles. The summed E-state index contributed by atoms with van der Waals surface area (Å²) in [5.41, 5.74) is -4.06. The standard InChI is InChI=1S/C32H54O8.C10H8/c1-10-30(7,25(33)34)19-31(8,27(36)40-24-13-11-12-14-38-24)18-20(2)17-28(3,4)26(35)39-23-16-21-15-22(29(21,5)6)32(23,9)37;1-2-6-10-8-4-3-7-9(10)5-1/h20-24,37H,10-19H2,1-9H3,(H,33,34);1-8H/t20?,21?,22?,23?,24?,30?,31?,32-;/m0./s1. The van der Waals surface area contributed by atoms with Crippen molar-refractivity contribution in [3.05, 3.63) is 48.5 Å². The molecule has 2 bridgehead atoms. The van der Waals surface area contributed by atoms with Gasteiger partial charge in [0.25, 0.3) is 0 Å². The lowest BCUT2D eigenvalue weighted by molar-refractivity contribution is -0.256. The summed E-state index contributed by atoms with van der Waals surface area (Å²) in [5, 5.41) is 23.9. The summed E-state index contributed by atoms with van der Waals surface area (Å²) in [6.07, 6.45) is 4.23. The lowest BCUT2D eigenvalue weighted by Crippen LogP contribution is -2.67. The third kappa shape index (κ3) is 8.72. The number of aliphatic hydroxyl groups is 1. The Morgan fingerprint density at radius 3 is 1.92 bits per heavy atom. The molecule has 4 fully saturated rings. The third-order valence-electron chi connectivity index (χ3n) is 12.4. The number of hydrogen-bond acceptors (Lipinski definition) is 7. The lowest BCUT2D eigenvalue weighted by Gasteiger charge is -2.64. The van der Waals surface area contributed by atoms with Crippen LogP contribution in [0, 0.1) is 39.4 Å². The number of esters is 2. The summed E-state index contributed by atoms with van der Waals surface area (Å²) in [6.45, 7) is 17.6. The SMILES string of the molecule is CCC(C)(CC(C)(CC(C)CC(C)(C)C(=O)OC1CC2CC(C2(C)C)[C@]1(C)O)C(=O)OC1CCCCO1)C(=O)O.c1ccc2ccccc2c1. The topological polar surface area (TPSA) is 119 Å². The predicted molar refractivity (Wildman–Crippen MR) is 195 cm³/mol. The van der Waals surface area contributed by atoms with Crippen LogP contribution in [0.3, 0.4) is 0 Å². The molecule has 6 rings (SSSR count). The fourth-order valence-corrected chi connectivity index (χ4v) is 9.02. The summed E-state index contributed by atoms with van der Waals surface area (Å²) in [4.78, 5) is 39.2. The molecule has 278 valence electrons. The van der Waals surface area contributed by atoms with Crippen LogP contribution in [0.5, 0.6) is 0 Å². The summed E-state index contributed by atoms with van der Waals surface area (Å²) in [5.74, 6) is -1.33. The highest BCUT2D eigenvalue weighted by Gasteiger charge is 2.64. The highest BCUT2D eigenvalue weighted by molar-refractivity contribution is 5.82. The van der Waals surface area contributed by atoms with E-state index in [9.17, 15) is 24.6 Å². The highest BCUT2D eigenvalue weighted by Crippen LogP contribution is 2.63. The number of ether oxygens (including phenoxy) is 3. The van der Waals surface area contributed by atoms with Gasteiger partial charge in [0, 0.05) is 6.42 Å². The van der Waals surface area contributed by atoms with Gasteiger partial charge in [-0.3, -0.25) is 14.4 Å². The molecule has 2 aromatic rings. The minimum absolute atomic E-state index is 0.0428. The predicted octanol–water partition coefficient (Wildman–Crippen LogP) is 8.96. The Morgan fingerprint density at radius 1 is 0.880 bits per heavy atom. The van der Waals surface area contributed by atoms with Gasteiger partial charge >= 0.3 is 17.9 Å². The zero-order valence-corrected chi connectivity index (χ0v) is 31.9. The van der Waals surface area contributed by atoms with Crippen LogP contribution in [0.2, 0.25) is 0 Å². The van der Waals surface area contributed by atoms with Gasteiger partial charge in [-0.1, -0.05) is 76.2 Å². The van der Waals surface area contributed by atoms with Crippen molar-refractivity contribution in [3.63, 3.8) is 0 Å². The highest BCUT2D eigenvalue weighted by atomic mass is 16.7. The third-order valence-corrected chi connectivity index (χ3v) is 12.4. The van der Waals surface area contributed by atoms with E-state index in [4.69, 9.17) is 14.2 Å². The second-order valence-corrected chi connectivity index (χ2v) is 17.6. The Labute approximate surface area is 299 Å². The van der Waals surface area contributed by atoms with Crippen LogP contribution in [0.25, 0.3) is 10.8 Å². The van der Waals surface area contributed by atoms with Crippen molar-refractivity contribution < 1.29 is 38.8 Å². The molecule has 2 aromatic carbocycles. The van der Waals surface area contributed by atoms with E-state index >= 15 is 0 Å². The maximum absolute atomic E-state index is 13.6. The van der Waals surface area contributed by atoms with Crippen LogP contribution in [0.15, 0.2) is 48.5 Å². The maximum atomic E-state index is 13.6. The van der Waals surface area contributed by atoms with Gasteiger partial charge in [-0.05, 0) is 120 Å². The molecule has 4 aliphatic rings. The average molecular weight is 695 g/mol. The molecule has 1 aliphatic heterocycles. The van der Waals surface area contributed by atoms with Crippen LogP contribution in [0.4, 0.5) is 0 Å². The Morgan fingerprint density at radius 2 is 1.46 bits per heavy atom. The first-order chi connectivity index (χ1) is 23.2. The van der Waals surface area contributed by atoms with E-state index in [1.807, 2.05) is 27.7 Å². The molecular weight excluding hydrogens is 632 g/mol. The Balaban J connectivity index is 0.000000474. The zero-order chi connectivity index (χ0) is 37.1. The number of aliphatic carboxylic acids is 1. The van der Waals surface area contributed by atoms with E-state index in [1.54, 1.807) is 20.8 Å². The number of carboxylic acid groups (broad SMARTS) is 1. The van der Waals surface area contributed by atoms with Crippen molar-refractivity contribution in [2.24, 2.45) is 39.4 Å². The van der Waals surface area contributed by atoms with Gasteiger partial charge in [-0.2, -0.15) is 0 Å². The molecule has 0 radical (unpaired) electrons. The molecule has 0 spiro atoms. The number of fused-ring (bicyclic) bond motifs is 3. The molecule has 3 saturated carbocycles. The van der Waals surface area contributed by atoms with E-state index in [1.165, 1.54) is 10.8 Å². The molecule has 8 nitrogen and oxygen atoms in total. The van der Waals surface area contributed by atoms with Crippen molar-refractivity contribution in [3.8, 4) is 0 Å². The zero-order valence-electron chi connectivity index (χ0n) is 31.9. The first-order valence-electron chi connectivity index (χ1n) is 18.7. The van der Waals surface area contributed by atoms with Crippen molar-refractivity contribution in [1.29, 1.82) is 0 Å². The van der Waals surface area contributed by atoms with Gasteiger partial charge in [-0.25, -0.2) is 0 Å². The number of carbonyl (C=O) groups excluding carboxylic acids is 2. The lowest BCUT2D eigenvalue weighted by atomic mass is 9.43. The molecule has 0 amide bonds. The maximum Gasteiger partial charge on any atom is 0.314 e. The Kier molecular flexibility index (Phi) is 12.2. The molecule has 0 aromatic heterocycles. The largest absolute Gasteiger partial charge is 0.481 e. The summed E-state index contributed by atoms with van der Waals surface area (Å²) >= 11 is 0. The summed E-state index contributed by atoms with van der Waals surface area (Å²) < 4.78 is 17.4. The monoisotopic (exact) mass is 694 g/mol. The van der Waals surface area contributed by atoms with E-state index in [0.29, 0.717) is 44.6 Å². The van der Waals surface area contributed by atoms with Crippen molar-refractivity contribution in [2.45, 2.75) is 138 Å². The smallest absolute Gasteiger partial charge is 0.314 e. The quantitative estimate of drug-likeness (QED) is 0.211. The van der Waals surface area contributed by atoms with E-state index in [2.05, 4.69) is 62.4 Å². The summed E-state index contributed by atoms with van der Waals surface area (Å²) in [7, 11) is 0. The second kappa shape index (κ2) is 15.3. The fourth-order valence-electron chi connectivity index (χ4n) is 9.02. The number of carboxylic acids is 1. The van der Waals surface area contributed by atoms with E-state index < -0.39 is 46.2 Å². The molecule has 50 heavy (non-hydrogen) atoms. The van der Waals surface area contributed by atoms with E-state index in [-0.39, 0.29) is 29.6 Å². The minimum atomic E-state index is -1.10. The van der Waals surface area contributed by atoms with Gasteiger partial charge in [0.15, 0.2) is 0 Å². The minimum Gasteiger partial charge on any atom is -0.481 e. The number of benzene rings is 2.